The Labute approximate surface area is 188 Å². The van der Waals surface area contributed by atoms with E-state index in [9.17, 15) is 0 Å². The summed E-state index contributed by atoms with van der Waals surface area (Å²) in [5.41, 5.74) is 0. The zero-order valence-corrected chi connectivity index (χ0v) is 19.0. The molecule has 1 saturated heterocycles. The molecule has 0 radical (unpaired) electrons. The minimum atomic E-state index is 0. The molecule has 1 aliphatic heterocycles. The van der Waals surface area contributed by atoms with Crippen molar-refractivity contribution in [2.45, 2.75) is 6.92 Å². The predicted octanol–water partition coefficient (Wildman–Crippen LogP) is 2.91. The van der Waals surface area contributed by atoms with Crippen molar-refractivity contribution in [3.63, 3.8) is 0 Å². The van der Waals surface area contributed by atoms with Crippen molar-refractivity contribution in [3.8, 4) is 5.75 Å². The highest BCUT2D eigenvalue weighted by Crippen LogP contribution is 2.22. The third kappa shape index (κ3) is 6.37. The highest BCUT2D eigenvalue weighted by molar-refractivity contribution is 14.0. The number of nitrogens with zero attached hydrogens (tertiary/aromatic N) is 5. The third-order valence-electron chi connectivity index (χ3n) is 4.20. The predicted molar refractivity (Wildman–Crippen MR) is 124 cm³/mol. The van der Waals surface area contributed by atoms with E-state index in [0.717, 1.165) is 44.6 Å². The van der Waals surface area contributed by atoms with Crippen LogP contribution in [0.3, 0.4) is 0 Å². The van der Waals surface area contributed by atoms with Gasteiger partial charge >= 0.3 is 0 Å². The van der Waals surface area contributed by atoms with Crippen LogP contribution in [0.5, 0.6) is 5.75 Å². The van der Waals surface area contributed by atoms with Gasteiger partial charge in [0.25, 0.3) is 0 Å². The highest BCUT2D eigenvalue weighted by Gasteiger charge is 2.20. The Morgan fingerprint density at radius 3 is 2.54 bits per heavy atom. The lowest BCUT2D eigenvalue weighted by molar-refractivity contribution is 0.325. The minimum Gasteiger partial charge on any atom is -0.490 e. The number of piperazine rings is 1. The molecule has 152 valence electrons. The van der Waals surface area contributed by atoms with Gasteiger partial charge in [-0.05, 0) is 25.1 Å². The summed E-state index contributed by atoms with van der Waals surface area (Å²) in [6.45, 7) is 7.42. The number of halogens is 2. The van der Waals surface area contributed by atoms with E-state index in [1.165, 1.54) is 0 Å². The maximum absolute atomic E-state index is 6.11. The number of aliphatic imine (C=N–C) groups is 1. The van der Waals surface area contributed by atoms with Gasteiger partial charge in [-0.15, -0.1) is 24.0 Å². The highest BCUT2D eigenvalue weighted by atomic mass is 127. The minimum absolute atomic E-state index is 0. The summed E-state index contributed by atoms with van der Waals surface area (Å²) in [4.78, 5) is 17.8. The first-order valence-corrected chi connectivity index (χ1v) is 9.58. The molecule has 1 aromatic carbocycles. The Morgan fingerprint density at radius 2 is 1.86 bits per heavy atom. The van der Waals surface area contributed by atoms with Crippen LogP contribution in [0.25, 0.3) is 0 Å². The van der Waals surface area contributed by atoms with Crippen LogP contribution in [-0.4, -0.2) is 66.7 Å². The Kier molecular flexibility index (Phi) is 9.56. The first kappa shape index (κ1) is 22.5. The van der Waals surface area contributed by atoms with Gasteiger partial charge in [0.15, 0.2) is 5.96 Å². The first-order valence-electron chi connectivity index (χ1n) is 9.20. The molecule has 0 spiro atoms. The summed E-state index contributed by atoms with van der Waals surface area (Å²) in [7, 11) is 0. The number of nitrogens with one attached hydrogen (secondary N) is 1. The Morgan fingerprint density at radius 1 is 1.14 bits per heavy atom. The molecule has 1 N–H and O–H groups in total. The lowest BCUT2D eigenvalue weighted by Gasteiger charge is -2.36. The van der Waals surface area contributed by atoms with Gasteiger partial charge in [0, 0.05) is 45.1 Å². The van der Waals surface area contributed by atoms with E-state index in [1.54, 1.807) is 12.4 Å². The van der Waals surface area contributed by atoms with Gasteiger partial charge in [-0.1, -0.05) is 23.7 Å². The maximum atomic E-state index is 6.11. The van der Waals surface area contributed by atoms with Gasteiger partial charge in [0.05, 0.1) is 11.6 Å². The fraction of sp³-hybridized carbons (Fsp3) is 0.421. The van der Waals surface area contributed by atoms with Gasteiger partial charge in [-0.2, -0.15) is 0 Å². The van der Waals surface area contributed by atoms with Gasteiger partial charge in [-0.3, -0.25) is 0 Å². The summed E-state index contributed by atoms with van der Waals surface area (Å²) in [6.07, 6.45) is 3.55. The number of guanidine groups is 1. The SMILES string of the molecule is CCNC(=NCCOc1ccccc1Cl)N1CCN(c2ncccn2)CC1.I. The van der Waals surface area contributed by atoms with Crippen LogP contribution in [-0.2, 0) is 0 Å². The van der Waals surface area contributed by atoms with Crippen LogP contribution in [0, 0.1) is 0 Å². The fourth-order valence-corrected chi connectivity index (χ4v) is 3.06. The van der Waals surface area contributed by atoms with Crippen LogP contribution in [0.2, 0.25) is 5.02 Å². The fourth-order valence-electron chi connectivity index (χ4n) is 2.87. The lowest BCUT2D eigenvalue weighted by Crippen LogP contribution is -2.53. The van der Waals surface area contributed by atoms with Gasteiger partial charge in [0.1, 0.15) is 12.4 Å². The smallest absolute Gasteiger partial charge is 0.225 e. The van der Waals surface area contributed by atoms with E-state index in [2.05, 4.69) is 32.0 Å². The third-order valence-corrected chi connectivity index (χ3v) is 4.51. The summed E-state index contributed by atoms with van der Waals surface area (Å²) < 4.78 is 5.72. The van der Waals surface area contributed by atoms with Crippen molar-refractivity contribution in [2.24, 2.45) is 4.99 Å². The van der Waals surface area contributed by atoms with Gasteiger partial charge in [-0.25, -0.2) is 15.0 Å². The maximum Gasteiger partial charge on any atom is 0.225 e. The monoisotopic (exact) mass is 516 g/mol. The molecular formula is C19H26ClIN6O. The number of hydrogen-bond acceptors (Lipinski definition) is 5. The zero-order chi connectivity index (χ0) is 18.9. The van der Waals surface area contributed by atoms with E-state index in [1.807, 2.05) is 30.3 Å². The molecule has 2 heterocycles. The number of ether oxygens (including phenoxy) is 1. The van der Waals surface area contributed by atoms with E-state index >= 15 is 0 Å². The second-order valence-corrected chi connectivity index (χ2v) is 6.44. The molecule has 0 atom stereocenters. The van der Waals surface area contributed by atoms with Crippen molar-refractivity contribution < 1.29 is 4.74 Å². The average molecular weight is 517 g/mol. The van der Waals surface area contributed by atoms with E-state index in [0.29, 0.717) is 23.9 Å². The molecule has 0 aliphatic carbocycles. The average Bonchev–Trinajstić information content (AvgIpc) is 2.72. The van der Waals surface area contributed by atoms with Gasteiger partial charge < -0.3 is 19.9 Å². The number of hydrogen-bond donors (Lipinski definition) is 1. The van der Waals surface area contributed by atoms with Crippen LogP contribution in [0.15, 0.2) is 47.7 Å². The Balaban J connectivity index is 0.00000280. The van der Waals surface area contributed by atoms with Crippen molar-refractivity contribution in [1.29, 1.82) is 0 Å². The number of para-hydroxylation sites is 1. The standard InChI is InChI=1S/C19H25ClN6O.HI/c1-2-21-18(24-10-15-27-17-7-4-3-6-16(17)20)25-11-13-26(14-12-25)19-22-8-5-9-23-19;/h3-9H,2,10-15H2,1H3,(H,21,24);1H. The topological polar surface area (TPSA) is 65.9 Å². The largest absolute Gasteiger partial charge is 0.490 e. The quantitative estimate of drug-likeness (QED) is 0.276. The van der Waals surface area contributed by atoms with Crippen LogP contribution in [0.4, 0.5) is 5.95 Å². The number of anilines is 1. The van der Waals surface area contributed by atoms with Crippen LogP contribution >= 0.6 is 35.6 Å². The second kappa shape index (κ2) is 11.9. The summed E-state index contributed by atoms with van der Waals surface area (Å²) >= 11 is 6.11. The van der Waals surface area contributed by atoms with E-state index in [-0.39, 0.29) is 24.0 Å². The van der Waals surface area contributed by atoms with Crippen LogP contribution in [0.1, 0.15) is 6.92 Å². The number of aromatic nitrogens is 2. The van der Waals surface area contributed by atoms with Crippen molar-refractivity contribution in [3.05, 3.63) is 47.7 Å². The molecule has 0 saturated carbocycles. The first-order chi connectivity index (χ1) is 13.3. The van der Waals surface area contributed by atoms with E-state index in [4.69, 9.17) is 21.3 Å². The van der Waals surface area contributed by atoms with Crippen molar-refractivity contribution in [1.82, 2.24) is 20.2 Å². The molecule has 0 unspecified atom stereocenters. The molecule has 1 fully saturated rings. The number of benzene rings is 1. The summed E-state index contributed by atoms with van der Waals surface area (Å²) in [5, 5.41) is 3.98. The molecule has 0 bridgehead atoms. The second-order valence-electron chi connectivity index (χ2n) is 6.04. The van der Waals surface area contributed by atoms with E-state index < -0.39 is 0 Å². The number of rotatable bonds is 6. The van der Waals surface area contributed by atoms with Crippen molar-refractivity contribution >= 4 is 47.5 Å². The molecule has 9 heteroatoms. The molecule has 7 nitrogen and oxygen atoms in total. The normalized spacial score (nSPS) is 14.4. The summed E-state index contributed by atoms with van der Waals surface area (Å²) in [6, 6.07) is 9.31. The molecule has 1 aliphatic rings. The van der Waals surface area contributed by atoms with Crippen LogP contribution < -0.4 is 15.0 Å². The Bertz CT molecular complexity index is 740. The molecule has 1 aromatic heterocycles. The Hall–Kier alpha value is -1.81. The molecule has 0 amide bonds. The van der Waals surface area contributed by atoms with Crippen molar-refractivity contribution in [2.75, 3.05) is 50.8 Å². The molecule has 28 heavy (non-hydrogen) atoms. The molecular weight excluding hydrogens is 491 g/mol. The van der Waals surface area contributed by atoms with Gasteiger partial charge in [0.2, 0.25) is 5.95 Å². The molecule has 2 aromatic rings. The summed E-state index contributed by atoms with van der Waals surface area (Å²) in [5.74, 6) is 2.39. The zero-order valence-electron chi connectivity index (χ0n) is 15.9. The lowest BCUT2D eigenvalue weighted by atomic mass is 10.3. The molecule has 3 rings (SSSR count).